The minimum Gasteiger partial charge on any atom is -0.508 e. The number of sulfonamides is 1. The number of rotatable bonds is 6. The highest BCUT2D eigenvalue weighted by atomic mass is 32.2. The molecule has 1 saturated carbocycles. The van der Waals surface area contributed by atoms with Gasteiger partial charge in [-0.05, 0) is 53.9 Å². The lowest BCUT2D eigenvalue weighted by Gasteiger charge is -2.14. The Hall–Kier alpha value is -2.68. The van der Waals surface area contributed by atoms with E-state index in [0.29, 0.717) is 4.88 Å². The van der Waals surface area contributed by atoms with Crippen LogP contribution in [0.3, 0.4) is 0 Å². The Kier molecular flexibility index (Phi) is 4.49. The van der Waals surface area contributed by atoms with Crippen molar-refractivity contribution in [3.63, 3.8) is 0 Å². The van der Waals surface area contributed by atoms with Gasteiger partial charge in [-0.1, -0.05) is 30.3 Å². The molecule has 2 aromatic carbocycles. The standard InChI is InChI=1S/C20H17NO5S2/c22-15-8-6-14(7-9-15)17-10-11-18(27-17)28(25,26)21-20(19(23)24)12-16(20)13-4-2-1-3-5-13/h1-11,16,21-22H,12H2,(H,23,24)/t16-,20?/m0/s1. The van der Waals surface area contributed by atoms with Crippen molar-refractivity contribution in [2.75, 3.05) is 0 Å². The molecule has 3 N–H and O–H groups in total. The highest BCUT2D eigenvalue weighted by Crippen LogP contribution is 2.52. The normalized spacial score (nSPS) is 21.4. The number of benzene rings is 2. The number of aliphatic carboxylic acids is 1. The lowest BCUT2D eigenvalue weighted by molar-refractivity contribution is -0.140. The molecule has 0 saturated heterocycles. The molecule has 2 atom stereocenters. The summed E-state index contributed by atoms with van der Waals surface area (Å²) < 4.78 is 28.2. The summed E-state index contributed by atoms with van der Waals surface area (Å²) in [5.74, 6) is -1.46. The molecule has 1 aliphatic carbocycles. The third-order valence-corrected chi connectivity index (χ3v) is 7.99. The smallest absolute Gasteiger partial charge is 0.325 e. The number of carboxylic acid groups (broad SMARTS) is 1. The summed E-state index contributed by atoms with van der Waals surface area (Å²) in [5, 5.41) is 19.1. The van der Waals surface area contributed by atoms with E-state index in [4.69, 9.17) is 0 Å². The van der Waals surface area contributed by atoms with Gasteiger partial charge in [-0.15, -0.1) is 11.3 Å². The van der Waals surface area contributed by atoms with E-state index >= 15 is 0 Å². The summed E-state index contributed by atoms with van der Waals surface area (Å²) in [6, 6.07) is 18.6. The maximum absolute atomic E-state index is 12.9. The summed E-state index contributed by atoms with van der Waals surface area (Å²) in [6.45, 7) is 0. The molecule has 28 heavy (non-hydrogen) atoms. The first-order valence-electron chi connectivity index (χ1n) is 8.53. The molecule has 0 radical (unpaired) electrons. The van der Waals surface area contributed by atoms with E-state index in [1.807, 2.05) is 6.07 Å². The molecular formula is C20H17NO5S2. The Bertz CT molecular complexity index is 1120. The fraction of sp³-hybridized carbons (Fsp3) is 0.150. The molecule has 3 aromatic rings. The maximum atomic E-state index is 12.9. The summed E-state index contributed by atoms with van der Waals surface area (Å²) in [4.78, 5) is 12.6. The molecule has 144 valence electrons. The van der Waals surface area contributed by atoms with Crippen molar-refractivity contribution in [2.24, 2.45) is 0 Å². The molecule has 4 rings (SSSR count). The molecule has 0 aliphatic heterocycles. The monoisotopic (exact) mass is 415 g/mol. The average Bonchev–Trinajstić information content (AvgIpc) is 3.17. The van der Waals surface area contributed by atoms with Gasteiger partial charge in [-0.2, -0.15) is 4.72 Å². The summed E-state index contributed by atoms with van der Waals surface area (Å²) >= 11 is 1.05. The van der Waals surface area contributed by atoms with Crippen LogP contribution in [0.2, 0.25) is 0 Å². The molecule has 1 aliphatic rings. The Labute approximate surface area is 166 Å². The fourth-order valence-corrected chi connectivity index (χ4v) is 6.00. The van der Waals surface area contributed by atoms with Crippen LogP contribution in [0.1, 0.15) is 17.9 Å². The van der Waals surface area contributed by atoms with Crippen molar-refractivity contribution in [2.45, 2.75) is 22.1 Å². The van der Waals surface area contributed by atoms with Crippen LogP contribution in [0, 0.1) is 0 Å². The van der Waals surface area contributed by atoms with Gasteiger partial charge in [0.2, 0.25) is 0 Å². The van der Waals surface area contributed by atoms with E-state index < -0.39 is 27.4 Å². The van der Waals surface area contributed by atoms with Crippen molar-refractivity contribution < 1.29 is 23.4 Å². The van der Waals surface area contributed by atoms with Gasteiger partial charge < -0.3 is 10.2 Å². The molecular weight excluding hydrogens is 398 g/mol. The maximum Gasteiger partial charge on any atom is 0.325 e. The van der Waals surface area contributed by atoms with Crippen LogP contribution in [-0.2, 0) is 14.8 Å². The number of thiophene rings is 1. The highest BCUT2D eigenvalue weighted by Gasteiger charge is 2.63. The van der Waals surface area contributed by atoms with Crippen molar-refractivity contribution in [3.05, 3.63) is 72.3 Å². The average molecular weight is 415 g/mol. The van der Waals surface area contributed by atoms with Gasteiger partial charge >= 0.3 is 5.97 Å². The molecule has 1 fully saturated rings. The quantitative estimate of drug-likeness (QED) is 0.572. The predicted molar refractivity (Wildman–Crippen MR) is 106 cm³/mol. The fourth-order valence-electron chi connectivity index (χ4n) is 3.28. The Morgan fingerprint density at radius 2 is 1.71 bits per heavy atom. The number of hydrogen-bond acceptors (Lipinski definition) is 5. The van der Waals surface area contributed by atoms with Crippen LogP contribution >= 0.6 is 11.3 Å². The van der Waals surface area contributed by atoms with Crippen LogP contribution in [0.4, 0.5) is 0 Å². The van der Waals surface area contributed by atoms with Gasteiger partial charge in [0.1, 0.15) is 15.5 Å². The third kappa shape index (κ3) is 3.30. The van der Waals surface area contributed by atoms with E-state index in [1.54, 1.807) is 42.5 Å². The molecule has 0 amide bonds. The lowest BCUT2D eigenvalue weighted by atomic mass is 10.1. The second-order valence-corrected chi connectivity index (χ2v) is 9.71. The predicted octanol–water partition coefficient (Wildman–Crippen LogP) is 3.41. The molecule has 8 heteroatoms. The number of phenolic OH excluding ortho intramolecular Hbond substituents is 1. The molecule has 0 bridgehead atoms. The van der Waals surface area contributed by atoms with Crippen molar-refractivity contribution in [3.8, 4) is 16.2 Å². The van der Waals surface area contributed by atoms with E-state index in [1.165, 1.54) is 18.2 Å². The SMILES string of the molecule is O=C(O)C1(NS(=O)(=O)c2ccc(-c3ccc(O)cc3)s2)C[C@H]1c1ccccc1. The van der Waals surface area contributed by atoms with Gasteiger partial charge in [0.25, 0.3) is 10.0 Å². The van der Waals surface area contributed by atoms with Crippen molar-refractivity contribution in [1.29, 1.82) is 0 Å². The minimum absolute atomic E-state index is 0.0508. The van der Waals surface area contributed by atoms with Crippen LogP contribution in [0.5, 0.6) is 5.75 Å². The van der Waals surface area contributed by atoms with E-state index in [-0.39, 0.29) is 16.4 Å². The summed E-state index contributed by atoms with van der Waals surface area (Å²) in [7, 11) is -4.00. The zero-order valence-electron chi connectivity index (χ0n) is 14.6. The van der Waals surface area contributed by atoms with E-state index in [2.05, 4.69) is 4.72 Å². The summed E-state index contributed by atoms with van der Waals surface area (Å²) in [5.41, 5.74) is 0.0393. The number of nitrogens with one attached hydrogen (secondary N) is 1. The minimum atomic E-state index is -4.00. The Morgan fingerprint density at radius 3 is 2.36 bits per heavy atom. The number of aromatic hydroxyl groups is 1. The first-order chi connectivity index (χ1) is 13.3. The van der Waals surface area contributed by atoms with Crippen LogP contribution < -0.4 is 4.72 Å². The van der Waals surface area contributed by atoms with Gasteiger partial charge in [-0.3, -0.25) is 4.79 Å². The molecule has 1 heterocycles. The molecule has 0 spiro atoms. The number of hydrogen-bond donors (Lipinski definition) is 3. The van der Waals surface area contributed by atoms with Crippen molar-refractivity contribution >= 4 is 27.3 Å². The highest BCUT2D eigenvalue weighted by molar-refractivity contribution is 7.91. The summed E-state index contributed by atoms with van der Waals surface area (Å²) in [6.07, 6.45) is 0.210. The largest absolute Gasteiger partial charge is 0.508 e. The molecule has 1 aromatic heterocycles. The first-order valence-corrected chi connectivity index (χ1v) is 10.8. The second-order valence-electron chi connectivity index (χ2n) is 6.71. The number of carboxylic acids is 1. The van der Waals surface area contributed by atoms with Gasteiger partial charge in [-0.25, -0.2) is 8.42 Å². The van der Waals surface area contributed by atoms with Gasteiger partial charge in [0.05, 0.1) is 0 Å². The van der Waals surface area contributed by atoms with Crippen LogP contribution in [0.15, 0.2) is 70.9 Å². The Balaban J connectivity index is 1.60. The molecule has 6 nitrogen and oxygen atoms in total. The zero-order chi connectivity index (χ0) is 19.9. The second kappa shape index (κ2) is 6.73. The number of phenols is 1. The number of carbonyl (C=O) groups is 1. The van der Waals surface area contributed by atoms with E-state index in [9.17, 15) is 23.4 Å². The lowest BCUT2D eigenvalue weighted by Crippen LogP contribution is -2.44. The topological polar surface area (TPSA) is 104 Å². The van der Waals surface area contributed by atoms with Crippen LogP contribution in [-0.4, -0.2) is 30.1 Å². The third-order valence-electron chi connectivity index (χ3n) is 4.86. The van der Waals surface area contributed by atoms with E-state index in [0.717, 1.165) is 22.5 Å². The van der Waals surface area contributed by atoms with Crippen LogP contribution in [0.25, 0.3) is 10.4 Å². The zero-order valence-corrected chi connectivity index (χ0v) is 16.2. The van der Waals surface area contributed by atoms with Gasteiger partial charge in [0, 0.05) is 10.8 Å². The Morgan fingerprint density at radius 1 is 1.04 bits per heavy atom. The van der Waals surface area contributed by atoms with Gasteiger partial charge in [0.15, 0.2) is 0 Å². The van der Waals surface area contributed by atoms with Crippen molar-refractivity contribution in [1.82, 2.24) is 4.72 Å². The molecule has 1 unspecified atom stereocenters. The first kappa shape index (κ1) is 18.7.